The van der Waals surface area contributed by atoms with Crippen molar-refractivity contribution < 1.29 is 0 Å². The van der Waals surface area contributed by atoms with Gasteiger partial charge in [-0.05, 0) is 85.5 Å². The molecule has 5 aliphatic rings. The Labute approximate surface area is 193 Å². The van der Waals surface area contributed by atoms with E-state index in [4.69, 9.17) is 0 Å². The van der Waals surface area contributed by atoms with Crippen molar-refractivity contribution >= 4 is 5.69 Å². The highest BCUT2D eigenvalue weighted by atomic mass is 15.2. The SMILES string of the molecule is c1ccc(-c2ccc(N3C4CCCCC4C4C5C(CCC43)NC3CCCCC35)cc2)cc1. The minimum atomic E-state index is 0.773. The molecule has 168 valence electrons. The van der Waals surface area contributed by atoms with Gasteiger partial charge in [0.25, 0.3) is 0 Å². The van der Waals surface area contributed by atoms with Crippen LogP contribution in [0.25, 0.3) is 11.1 Å². The number of anilines is 1. The van der Waals surface area contributed by atoms with Crippen molar-refractivity contribution in [2.45, 2.75) is 88.4 Å². The van der Waals surface area contributed by atoms with Crippen LogP contribution in [0.4, 0.5) is 5.69 Å². The Hall–Kier alpha value is -1.80. The molecule has 32 heavy (non-hydrogen) atoms. The molecule has 3 aliphatic carbocycles. The first-order valence-corrected chi connectivity index (χ1v) is 13.6. The van der Waals surface area contributed by atoms with Gasteiger partial charge in [-0.15, -0.1) is 0 Å². The molecule has 0 bridgehead atoms. The fourth-order valence-electron chi connectivity index (χ4n) is 9.06. The minimum Gasteiger partial charge on any atom is -0.365 e. The van der Waals surface area contributed by atoms with Crippen LogP contribution in [0.3, 0.4) is 0 Å². The number of nitrogens with zero attached hydrogens (tertiary/aromatic N) is 1. The maximum Gasteiger partial charge on any atom is 0.0371 e. The molecule has 2 heterocycles. The molecule has 0 aromatic heterocycles. The van der Waals surface area contributed by atoms with E-state index in [2.05, 4.69) is 64.8 Å². The Balaban J connectivity index is 1.23. The Kier molecular flexibility index (Phi) is 4.85. The van der Waals surface area contributed by atoms with Gasteiger partial charge in [0.15, 0.2) is 0 Å². The molecule has 2 aromatic rings. The zero-order valence-electron chi connectivity index (χ0n) is 19.3. The summed E-state index contributed by atoms with van der Waals surface area (Å²) in [5.74, 6) is 3.76. The minimum absolute atomic E-state index is 0.773. The highest BCUT2D eigenvalue weighted by molar-refractivity contribution is 5.67. The molecular weight excluding hydrogens is 388 g/mol. The third-order valence-corrected chi connectivity index (χ3v) is 10.1. The summed E-state index contributed by atoms with van der Waals surface area (Å²) >= 11 is 0. The summed E-state index contributed by atoms with van der Waals surface area (Å²) in [4.78, 5) is 2.95. The number of hydrogen-bond donors (Lipinski definition) is 1. The lowest BCUT2D eigenvalue weighted by atomic mass is 9.62. The average Bonchev–Trinajstić information content (AvgIpc) is 3.40. The molecule has 0 spiro atoms. The van der Waals surface area contributed by atoms with Crippen LogP contribution in [-0.2, 0) is 0 Å². The molecule has 2 heteroatoms. The second-order valence-electron chi connectivity index (χ2n) is 11.5. The second kappa shape index (κ2) is 7.90. The molecule has 2 saturated heterocycles. The Morgan fingerprint density at radius 2 is 1.28 bits per heavy atom. The maximum absolute atomic E-state index is 4.16. The highest BCUT2D eigenvalue weighted by Gasteiger charge is 2.59. The van der Waals surface area contributed by atoms with Gasteiger partial charge in [0.2, 0.25) is 0 Å². The molecular formula is C30H38N2. The summed E-state index contributed by atoms with van der Waals surface area (Å²) in [5.41, 5.74) is 4.17. The van der Waals surface area contributed by atoms with E-state index in [0.717, 1.165) is 47.8 Å². The van der Waals surface area contributed by atoms with Crippen molar-refractivity contribution in [2.24, 2.45) is 23.7 Å². The van der Waals surface area contributed by atoms with Crippen LogP contribution in [0.1, 0.15) is 64.2 Å². The molecule has 0 radical (unpaired) electrons. The van der Waals surface area contributed by atoms with Crippen molar-refractivity contribution in [3.05, 3.63) is 54.6 Å². The summed E-state index contributed by atoms with van der Waals surface area (Å²) in [6.45, 7) is 0. The first-order chi connectivity index (χ1) is 15.9. The molecule has 3 saturated carbocycles. The Morgan fingerprint density at radius 1 is 0.562 bits per heavy atom. The average molecular weight is 427 g/mol. The van der Waals surface area contributed by atoms with E-state index in [1.54, 1.807) is 0 Å². The monoisotopic (exact) mass is 426 g/mol. The van der Waals surface area contributed by atoms with Crippen LogP contribution in [0.2, 0.25) is 0 Å². The number of hydrogen-bond acceptors (Lipinski definition) is 2. The third kappa shape index (κ3) is 3.01. The predicted molar refractivity (Wildman–Crippen MR) is 133 cm³/mol. The summed E-state index contributed by atoms with van der Waals surface area (Å²) in [6, 6.07) is 23.7. The number of fused-ring (bicyclic) bond motifs is 7. The van der Waals surface area contributed by atoms with Gasteiger partial charge >= 0.3 is 0 Å². The first kappa shape index (κ1) is 19.6. The number of nitrogens with one attached hydrogen (secondary N) is 1. The smallest absolute Gasteiger partial charge is 0.0371 e. The molecule has 2 aromatic carbocycles. The van der Waals surface area contributed by atoms with Crippen LogP contribution in [-0.4, -0.2) is 24.2 Å². The van der Waals surface area contributed by atoms with Crippen molar-refractivity contribution in [1.82, 2.24) is 5.32 Å². The van der Waals surface area contributed by atoms with Gasteiger partial charge in [-0.25, -0.2) is 0 Å². The van der Waals surface area contributed by atoms with Crippen molar-refractivity contribution in [1.29, 1.82) is 0 Å². The van der Waals surface area contributed by atoms with E-state index in [1.165, 1.54) is 81.0 Å². The van der Waals surface area contributed by atoms with E-state index < -0.39 is 0 Å². The molecule has 7 rings (SSSR count). The van der Waals surface area contributed by atoms with Crippen molar-refractivity contribution in [3.8, 4) is 11.1 Å². The van der Waals surface area contributed by atoms with E-state index in [1.807, 2.05) is 0 Å². The van der Waals surface area contributed by atoms with Crippen LogP contribution in [0.15, 0.2) is 54.6 Å². The van der Waals surface area contributed by atoms with Crippen LogP contribution in [0, 0.1) is 23.7 Å². The predicted octanol–water partition coefficient (Wildman–Crippen LogP) is 6.66. The zero-order valence-corrected chi connectivity index (χ0v) is 19.3. The lowest BCUT2D eigenvalue weighted by Gasteiger charge is -2.43. The number of rotatable bonds is 2. The third-order valence-electron chi connectivity index (χ3n) is 10.1. The number of benzene rings is 2. The normalized spacial score (nSPS) is 40.3. The Bertz CT molecular complexity index is 937. The largest absolute Gasteiger partial charge is 0.365 e. The van der Waals surface area contributed by atoms with Gasteiger partial charge in [0.1, 0.15) is 0 Å². The molecule has 2 nitrogen and oxygen atoms in total. The zero-order chi connectivity index (χ0) is 21.1. The van der Waals surface area contributed by atoms with Gasteiger partial charge in [0.05, 0.1) is 0 Å². The topological polar surface area (TPSA) is 15.3 Å². The second-order valence-corrected chi connectivity index (χ2v) is 11.5. The van der Waals surface area contributed by atoms with Gasteiger partial charge in [0, 0.05) is 29.9 Å². The van der Waals surface area contributed by atoms with Crippen LogP contribution >= 0.6 is 0 Å². The van der Waals surface area contributed by atoms with Crippen molar-refractivity contribution in [2.75, 3.05) is 4.90 Å². The first-order valence-electron chi connectivity index (χ1n) is 13.6. The molecule has 5 fully saturated rings. The highest BCUT2D eigenvalue weighted by Crippen LogP contribution is 2.57. The molecule has 0 amide bonds. The van der Waals surface area contributed by atoms with E-state index in [9.17, 15) is 0 Å². The van der Waals surface area contributed by atoms with Gasteiger partial charge in [-0.1, -0.05) is 68.1 Å². The van der Waals surface area contributed by atoms with Gasteiger partial charge < -0.3 is 10.2 Å². The standard InChI is InChI=1S/C30H38N2/c1-2-8-20(9-3-1)21-14-16-22(17-15-21)32-27-13-7-5-11-24(27)30-28(32)19-18-26-29(30)23-10-4-6-12-25(23)31-26/h1-3,8-9,14-17,23-31H,4-7,10-13,18-19H2. The van der Waals surface area contributed by atoms with E-state index in [-0.39, 0.29) is 0 Å². The summed E-state index contributed by atoms with van der Waals surface area (Å²) in [6.07, 6.45) is 14.4. The summed E-state index contributed by atoms with van der Waals surface area (Å²) < 4.78 is 0. The molecule has 2 aliphatic heterocycles. The molecule has 1 N–H and O–H groups in total. The molecule has 8 atom stereocenters. The van der Waals surface area contributed by atoms with Gasteiger partial charge in [-0.2, -0.15) is 0 Å². The lowest BCUT2D eigenvalue weighted by molar-refractivity contribution is 0.104. The maximum atomic E-state index is 4.16. The summed E-state index contributed by atoms with van der Waals surface area (Å²) in [5, 5.41) is 4.16. The fourth-order valence-corrected chi connectivity index (χ4v) is 9.06. The lowest BCUT2D eigenvalue weighted by Crippen LogP contribution is -2.47. The quantitative estimate of drug-likeness (QED) is 0.578. The van der Waals surface area contributed by atoms with Gasteiger partial charge in [-0.3, -0.25) is 0 Å². The van der Waals surface area contributed by atoms with Crippen LogP contribution in [0.5, 0.6) is 0 Å². The van der Waals surface area contributed by atoms with Crippen molar-refractivity contribution in [3.63, 3.8) is 0 Å². The summed E-state index contributed by atoms with van der Waals surface area (Å²) in [7, 11) is 0. The van der Waals surface area contributed by atoms with E-state index >= 15 is 0 Å². The fraction of sp³-hybridized carbons (Fsp3) is 0.600. The van der Waals surface area contributed by atoms with Crippen LogP contribution < -0.4 is 10.2 Å². The Morgan fingerprint density at radius 3 is 2.12 bits per heavy atom. The van der Waals surface area contributed by atoms with E-state index in [0.29, 0.717) is 0 Å². The molecule has 8 unspecified atom stereocenters.